The van der Waals surface area contributed by atoms with E-state index in [9.17, 15) is 0 Å². The molecule has 0 unspecified atom stereocenters. The predicted octanol–water partition coefficient (Wildman–Crippen LogP) is 3.72. The van der Waals surface area contributed by atoms with Gasteiger partial charge >= 0.3 is 0 Å². The van der Waals surface area contributed by atoms with Crippen molar-refractivity contribution >= 4 is 11.4 Å². The molecule has 1 aromatic heterocycles. The van der Waals surface area contributed by atoms with E-state index >= 15 is 0 Å². The van der Waals surface area contributed by atoms with Gasteiger partial charge < -0.3 is 10.2 Å². The van der Waals surface area contributed by atoms with Crippen LogP contribution in [-0.4, -0.2) is 18.1 Å². The molecule has 0 saturated heterocycles. The molecule has 1 fully saturated rings. The molecule has 0 aliphatic heterocycles. The van der Waals surface area contributed by atoms with Crippen molar-refractivity contribution in [3.8, 4) is 0 Å². The average molecular weight is 281 g/mol. The van der Waals surface area contributed by atoms with E-state index in [-0.39, 0.29) is 0 Å². The molecular weight excluding hydrogens is 258 g/mol. The Bertz CT molecular complexity index is 632. The molecule has 1 heterocycles. The van der Waals surface area contributed by atoms with Gasteiger partial charge in [-0.1, -0.05) is 17.7 Å². The third kappa shape index (κ3) is 3.42. The summed E-state index contributed by atoms with van der Waals surface area (Å²) in [5.41, 5.74) is 6.13. The Morgan fingerprint density at radius 2 is 2.00 bits per heavy atom. The van der Waals surface area contributed by atoms with Crippen LogP contribution in [0.5, 0.6) is 0 Å². The van der Waals surface area contributed by atoms with Crippen molar-refractivity contribution in [2.75, 3.05) is 11.9 Å². The van der Waals surface area contributed by atoms with Crippen LogP contribution >= 0.6 is 0 Å². The molecule has 1 aromatic carbocycles. The van der Waals surface area contributed by atoms with Gasteiger partial charge in [-0.2, -0.15) is 0 Å². The van der Waals surface area contributed by atoms with Crippen LogP contribution in [0.15, 0.2) is 36.5 Å². The van der Waals surface area contributed by atoms with Crippen LogP contribution in [0.4, 0.5) is 11.4 Å². The summed E-state index contributed by atoms with van der Waals surface area (Å²) >= 11 is 0. The van der Waals surface area contributed by atoms with Gasteiger partial charge in [0, 0.05) is 37.2 Å². The highest BCUT2D eigenvalue weighted by Gasteiger charge is 2.20. The molecule has 1 N–H and O–H groups in total. The number of aromatic nitrogens is 1. The van der Waals surface area contributed by atoms with Crippen molar-refractivity contribution in [2.45, 2.75) is 39.3 Å². The van der Waals surface area contributed by atoms with Gasteiger partial charge in [0.25, 0.3) is 0 Å². The van der Waals surface area contributed by atoms with E-state index in [4.69, 9.17) is 0 Å². The molecule has 0 spiro atoms. The van der Waals surface area contributed by atoms with Crippen molar-refractivity contribution in [3.63, 3.8) is 0 Å². The summed E-state index contributed by atoms with van der Waals surface area (Å²) in [6, 6.07) is 11.5. The van der Waals surface area contributed by atoms with Crippen molar-refractivity contribution in [3.05, 3.63) is 53.3 Å². The van der Waals surface area contributed by atoms with E-state index in [0.717, 1.165) is 12.2 Å². The van der Waals surface area contributed by atoms with Crippen LogP contribution in [0, 0.1) is 13.8 Å². The summed E-state index contributed by atoms with van der Waals surface area (Å²) < 4.78 is 0. The lowest BCUT2D eigenvalue weighted by molar-refractivity contribution is 0.674. The van der Waals surface area contributed by atoms with Crippen LogP contribution in [0.2, 0.25) is 0 Å². The number of rotatable bonds is 5. The summed E-state index contributed by atoms with van der Waals surface area (Å²) in [7, 11) is 2.12. The van der Waals surface area contributed by atoms with E-state index in [0.29, 0.717) is 6.04 Å². The SMILES string of the molecule is Cc1ccc(N(C)c2ccnc(CNC3CC3)c2)c(C)c1. The van der Waals surface area contributed by atoms with Crippen molar-refractivity contribution in [2.24, 2.45) is 0 Å². The smallest absolute Gasteiger partial charge is 0.0562 e. The molecule has 2 aromatic rings. The topological polar surface area (TPSA) is 28.2 Å². The third-order valence-electron chi connectivity index (χ3n) is 4.05. The largest absolute Gasteiger partial charge is 0.344 e. The third-order valence-corrected chi connectivity index (χ3v) is 4.05. The zero-order valence-corrected chi connectivity index (χ0v) is 13.1. The quantitative estimate of drug-likeness (QED) is 0.905. The summed E-state index contributed by atoms with van der Waals surface area (Å²) in [5, 5.41) is 3.52. The maximum absolute atomic E-state index is 4.46. The lowest BCUT2D eigenvalue weighted by Crippen LogP contribution is -2.17. The van der Waals surface area contributed by atoms with Crippen LogP contribution in [-0.2, 0) is 6.54 Å². The Labute approximate surface area is 127 Å². The molecule has 3 nitrogen and oxygen atoms in total. The minimum atomic E-state index is 0.715. The van der Waals surface area contributed by atoms with E-state index in [2.05, 4.69) is 66.4 Å². The number of hydrogen-bond acceptors (Lipinski definition) is 3. The molecule has 0 bridgehead atoms. The van der Waals surface area contributed by atoms with Gasteiger partial charge in [-0.25, -0.2) is 0 Å². The van der Waals surface area contributed by atoms with Gasteiger partial charge in [-0.3, -0.25) is 4.98 Å². The number of aryl methyl sites for hydroxylation is 2. The minimum absolute atomic E-state index is 0.715. The number of pyridine rings is 1. The number of nitrogens with zero attached hydrogens (tertiary/aromatic N) is 2. The normalized spacial score (nSPS) is 14.2. The molecule has 0 amide bonds. The Morgan fingerprint density at radius 1 is 1.19 bits per heavy atom. The fraction of sp³-hybridized carbons (Fsp3) is 0.389. The van der Waals surface area contributed by atoms with Gasteiger partial charge in [0.1, 0.15) is 0 Å². The van der Waals surface area contributed by atoms with Crippen LogP contribution in [0.3, 0.4) is 0 Å². The highest BCUT2D eigenvalue weighted by atomic mass is 15.1. The van der Waals surface area contributed by atoms with Crippen LogP contribution < -0.4 is 10.2 Å². The fourth-order valence-electron chi connectivity index (χ4n) is 2.63. The van der Waals surface area contributed by atoms with Gasteiger partial charge in [-0.15, -0.1) is 0 Å². The first-order valence-electron chi connectivity index (χ1n) is 7.63. The second-order valence-corrected chi connectivity index (χ2v) is 6.01. The molecule has 110 valence electrons. The van der Waals surface area contributed by atoms with Crippen molar-refractivity contribution in [1.29, 1.82) is 0 Å². The second-order valence-electron chi connectivity index (χ2n) is 6.01. The molecule has 21 heavy (non-hydrogen) atoms. The average Bonchev–Trinajstić information content (AvgIpc) is 3.29. The van der Waals surface area contributed by atoms with Crippen LogP contribution in [0.1, 0.15) is 29.7 Å². The van der Waals surface area contributed by atoms with E-state index in [1.165, 1.54) is 35.3 Å². The van der Waals surface area contributed by atoms with E-state index < -0.39 is 0 Å². The molecule has 1 saturated carbocycles. The minimum Gasteiger partial charge on any atom is -0.344 e. The summed E-state index contributed by atoms with van der Waals surface area (Å²) in [6.07, 6.45) is 4.52. The standard InChI is InChI=1S/C18H23N3/c1-13-4-7-18(14(2)10-13)21(3)17-8-9-19-16(11-17)12-20-15-5-6-15/h4,7-11,15,20H,5-6,12H2,1-3H3. The highest BCUT2D eigenvalue weighted by molar-refractivity contribution is 5.66. The fourth-order valence-corrected chi connectivity index (χ4v) is 2.63. The molecule has 1 aliphatic rings. The molecule has 0 atom stereocenters. The van der Waals surface area contributed by atoms with E-state index in [1.807, 2.05) is 6.20 Å². The number of anilines is 2. The number of nitrogens with one attached hydrogen (secondary N) is 1. The van der Waals surface area contributed by atoms with Crippen molar-refractivity contribution in [1.82, 2.24) is 10.3 Å². The molecule has 3 rings (SSSR count). The highest BCUT2D eigenvalue weighted by Crippen LogP contribution is 2.27. The zero-order valence-electron chi connectivity index (χ0n) is 13.1. The van der Waals surface area contributed by atoms with Gasteiger partial charge in [0.05, 0.1) is 5.69 Å². The van der Waals surface area contributed by atoms with Gasteiger partial charge in [0.2, 0.25) is 0 Å². The molecular formula is C18H23N3. The van der Waals surface area contributed by atoms with Crippen molar-refractivity contribution < 1.29 is 0 Å². The first-order chi connectivity index (χ1) is 10.1. The summed E-state index contributed by atoms with van der Waals surface area (Å²) in [6.45, 7) is 5.15. The maximum Gasteiger partial charge on any atom is 0.0562 e. The van der Waals surface area contributed by atoms with Crippen LogP contribution in [0.25, 0.3) is 0 Å². The first kappa shape index (κ1) is 14.1. The Balaban J connectivity index is 1.79. The lowest BCUT2D eigenvalue weighted by Gasteiger charge is -2.22. The monoisotopic (exact) mass is 281 g/mol. The summed E-state index contributed by atoms with van der Waals surface area (Å²) in [4.78, 5) is 6.70. The Hall–Kier alpha value is -1.87. The predicted molar refractivity (Wildman–Crippen MR) is 88.1 cm³/mol. The van der Waals surface area contributed by atoms with Gasteiger partial charge in [0.15, 0.2) is 0 Å². The molecule has 1 aliphatic carbocycles. The zero-order chi connectivity index (χ0) is 14.8. The first-order valence-corrected chi connectivity index (χ1v) is 7.63. The van der Waals surface area contributed by atoms with E-state index in [1.54, 1.807) is 0 Å². The van der Waals surface area contributed by atoms with Gasteiger partial charge in [-0.05, 0) is 50.5 Å². The molecule has 3 heteroatoms. The maximum atomic E-state index is 4.46. The Morgan fingerprint density at radius 3 is 2.71 bits per heavy atom. The molecule has 0 radical (unpaired) electrons. The number of hydrogen-bond donors (Lipinski definition) is 1. The number of benzene rings is 1. The lowest BCUT2D eigenvalue weighted by atomic mass is 10.1. The Kier molecular flexibility index (Phi) is 3.93. The summed E-state index contributed by atoms with van der Waals surface area (Å²) in [5.74, 6) is 0. The second kappa shape index (κ2) is 5.86.